The van der Waals surface area contributed by atoms with Gasteiger partial charge in [0.15, 0.2) is 0 Å². The monoisotopic (exact) mass is 240 g/mol. The van der Waals surface area contributed by atoms with E-state index in [0.717, 1.165) is 4.90 Å². The molecule has 16 heavy (non-hydrogen) atoms. The molecule has 1 N–H and O–H groups in total. The molecule has 4 heteroatoms. The Balaban J connectivity index is 2.64. The van der Waals surface area contributed by atoms with Crippen molar-refractivity contribution in [2.75, 3.05) is 7.11 Å². The van der Waals surface area contributed by atoms with Crippen LogP contribution in [0.2, 0.25) is 0 Å². The lowest BCUT2D eigenvalue weighted by Crippen LogP contribution is -2.21. The minimum absolute atomic E-state index is 0.106. The Morgan fingerprint density at radius 3 is 2.69 bits per heavy atom. The van der Waals surface area contributed by atoms with E-state index in [9.17, 15) is 9.90 Å². The Kier molecular flexibility index (Phi) is 4.68. The van der Waals surface area contributed by atoms with E-state index in [-0.39, 0.29) is 22.9 Å². The fourth-order valence-electron chi connectivity index (χ4n) is 1.25. The molecule has 1 aromatic carbocycles. The number of hydrogen-bond acceptors (Lipinski definition) is 4. The highest BCUT2D eigenvalue weighted by Gasteiger charge is 2.21. The Morgan fingerprint density at radius 1 is 1.44 bits per heavy atom. The predicted octanol–water partition coefficient (Wildman–Crippen LogP) is 2.68. The number of ether oxygens (including phenoxy) is 1. The maximum absolute atomic E-state index is 11.3. The van der Waals surface area contributed by atoms with Crippen molar-refractivity contribution < 1.29 is 14.6 Å². The average Bonchev–Trinajstić information content (AvgIpc) is 2.27. The second kappa shape index (κ2) is 5.80. The number of phenolic OH excluding ortho intramolecular Hbond substituents is 1. The Bertz CT molecular complexity index is 365. The van der Waals surface area contributed by atoms with Crippen molar-refractivity contribution in [3.63, 3.8) is 0 Å². The summed E-state index contributed by atoms with van der Waals surface area (Å²) in [6.45, 7) is 3.81. The number of aromatic hydroxyl groups is 1. The van der Waals surface area contributed by atoms with Crippen LogP contribution >= 0.6 is 11.8 Å². The maximum Gasteiger partial charge on any atom is 0.309 e. The molecular formula is C12H16O3S. The maximum atomic E-state index is 11.3. The number of thioether (sulfide) groups is 1. The molecular weight excluding hydrogens is 224 g/mol. The number of rotatable bonds is 4. The van der Waals surface area contributed by atoms with Crippen LogP contribution in [0.5, 0.6) is 5.75 Å². The van der Waals surface area contributed by atoms with Gasteiger partial charge in [-0.2, -0.15) is 0 Å². The van der Waals surface area contributed by atoms with Crippen molar-refractivity contribution in [3.05, 3.63) is 24.3 Å². The molecule has 1 rings (SSSR count). The molecule has 3 nitrogen and oxygen atoms in total. The molecule has 1 aromatic rings. The summed E-state index contributed by atoms with van der Waals surface area (Å²) in [7, 11) is 1.39. The molecule has 0 aliphatic carbocycles. The summed E-state index contributed by atoms with van der Waals surface area (Å²) in [6.07, 6.45) is 0. The van der Waals surface area contributed by atoms with Crippen LogP contribution in [0.4, 0.5) is 0 Å². The van der Waals surface area contributed by atoms with Gasteiger partial charge in [0.25, 0.3) is 0 Å². The molecule has 0 saturated heterocycles. The van der Waals surface area contributed by atoms with Gasteiger partial charge in [-0.3, -0.25) is 4.79 Å². The second-order valence-corrected chi connectivity index (χ2v) is 5.08. The van der Waals surface area contributed by atoms with Crippen LogP contribution < -0.4 is 0 Å². The SMILES string of the molecule is COC(=O)C(C)C(C)Sc1cccc(O)c1. The highest BCUT2D eigenvalue weighted by atomic mass is 32.2. The number of phenols is 1. The lowest BCUT2D eigenvalue weighted by atomic mass is 10.1. The van der Waals surface area contributed by atoms with Gasteiger partial charge in [-0.05, 0) is 18.2 Å². The van der Waals surface area contributed by atoms with E-state index in [0.29, 0.717) is 0 Å². The first-order valence-corrected chi connectivity index (χ1v) is 5.96. The number of esters is 1. The molecule has 2 unspecified atom stereocenters. The highest BCUT2D eigenvalue weighted by Crippen LogP contribution is 2.30. The van der Waals surface area contributed by atoms with E-state index >= 15 is 0 Å². The predicted molar refractivity (Wildman–Crippen MR) is 64.6 cm³/mol. The van der Waals surface area contributed by atoms with Crippen LogP contribution in [-0.4, -0.2) is 23.4 Å². The smallest absolute Gasteiger partial charge is 0.309 e. The standard InChI is InChI=1S/C12H16O3S/c1-8(12(14)15-3)9(2)16-11-6-4-5-10(13)7-11/h4-9,13H,1-3H3. The number of carbonyl (C=O) groups excluding carboxylic acids is 1. The number of carbonyl (C=O) groups is 1. The van der Waals surface area contributed by atoms with Crippen molar-refractivity contribution in [3.8, 4) is 5.75 Å². The van der Waals surface area contributed by atoms with Crippen LogP contribution in [0.15, 0.2) is 29.2 Å². The lowest BCUT2D eigenvalue weighted by Gasteiger charge is -2.17. The van der Waals surface area contributed by atoms with Gasteiger partial charge in [0, 0.05) is 10.1 Å². The average molecular weight is 240 g/mol. The normalized spacial score (nSPS) is 14.2. The third kappa shape index (κ3) is 3.45. The fourth-order valence-corrected chi connectivity index (χ4v) is 2.34. The molecule has 88 valence electrons. The molecule has 0 radical (unpaired) electrons. The van der Waals surface area contributed by atoms with Crippen molar-refractivity contribution in [1.82, 2.24) is 0 Å². The van der Waals surface area contributed by atoms with Crippen LogP contribution in [0.1, 0.15) is 13.8 Å². The largest absolute Gasteiger partial charge is 0.508 e. The van der Waals surface area contributed by atoms with E-state index in [1.54, 1.807) is 30.0 Å². The van der Waals surface area contributed by atoms with Crippen LogP contribution in [-0.2, 0) is 9.53 Å². The molecule has 0 aromatic heterocycles. The summed E-state index contributed by atoms with van der Waals surface area (Å²) in [4.78, 5) is 12.3. The molecule has 0 bridgehead atoms. The summed E-state index contributed by atoms with van der Waals surface area (Å²) in [5.41, 5.74) is 0. The van der Waals surface area contributed by atoms with E-state index in [4.69, 9.17) is 4.74 Å². The summed E-state index contributed by atoms with van der Waals surface area (Å²) in [5, 5.41) is 9.42. The summed E-state index contributed by atoms with van der Waals surface area (Å²) in [6, 6.07) is 7.00. The molecule has 0 spiro atoms. The van der Waals surface area contributed by atoms with Crippen LogP contribution in [0, 0.1) is 5.92 Å². The summed E-state index contributed by atoms with van der Waals surface area (Å²) < 4.78 is 4.69. The van der Waals surface area contributed by atoms with Crippen LogP contribution in [0.25, 0.3) is 0 Å². The lowest BCUT2D eigenvalue weighted by molar-refractivity contribution is -0.144. The summed E-state index contributed by atoms with van der Waals surface area (Å²) in [5.74, 6) is -0.138. The summed E-state index contributed by atoms with van der Waals surface area (Å²) >= 11 is 1.55. The van der Waals surface area contributed by atoms with Crippen molar-refractivity contribution in [1.29, 1.82) is 0 Å². The van der Waals surface area contributed by atoms with E-state index in [1.165, 1.54) is 7.11 Å². The van der Waals surface area contributed by atoms with Gasteiger partial charge < -0.3 is 9.84 Å². The third-order valence-corrected chi connectivity index (χ3v) is 3.72. The number of benzene rings is 1. The minimum Gasteiger partial charge on any atom is -0.508 e. The molecule has 2 atom stereocenters. The number of methoxy groups -OCH3 is 1. The van der Waals surface area contributed by atoms with Crippen molar-refractivity contribution in [2.45, 2.75) is 24.0 Å². The van der Waals surface area contributed by atoms with Gasteiger partial charge >= 0.3 is 5.97 Å². The zero-order chi connectivity index (χ0) is 12.1. The van der Waals surface area contributed by atoms with Crippen molar-refractivity contribution in [2.24, 2.45) is 5.92 Å². The highest BCUT2D eigenvalue weighted by molar-refractivity contribution is 8.00. The number of hydrogen-bond donors (Lipinski definition) is 1. The molecule has 0 heterocycles. The van der Waals surface area contributed by atoms with Crippen molar-refractivity contribution >= 4 is 17.7 Å². The van der Waals surface area contributed by atoms with E-state index in [2.05, 4.69) is 0 Å². The van der Waals surface area contributed by atoms with Gasteiger partial charge in [-0.1, -0.05) is 19.9 Å². The fraction of sp³-hybridized carbons (Fsp3) is 0.417. The second-order valence-electron chi connectivity index (χ2n) is 3.63. The molecule has 0 fully saturated rings. The first-order chi connectivity index (χ1) is 7.54. The topological polar surface area (TPSA) is 46.5 Å². The van der Waals surface area contributed by atoms with Crippen LogP contribution in [0.3, 0.4) is 0 Å². The Labute approximate surface area is 99.8 Å². The Hall–Kier alpha value is -1.16. The molecule has 0 aliphatic heterocycles. The molecule has 0 amide bonds. The van der Waals surface area contributed by atoms with Gasteiger partial charge in [0.2, 0.25) is 0 Å². The van der Waals surface area contributed by atoms with Gasteiger partial charge in [0.1, 0.15) is 5.75 Å². The van der Waals surface area contributed by atoms with E-state index in [1.807, 2.05) is 19.9 Å². The third-order valence-electron chi connectivity index (χ3n) is 2.42. The van der Waals surface area contributed by atoms with Gasteiger partial charge in [0.05, 0.1) is 13.0 Å². The zero-order valence-corrected chi connectivity index (χ0v) is 10.5. The molecule has 0 saturated carbocycles. The van der Waals surface area contributed by atoms with E-state index < -0.39 is 0 Å². The minimum atomic E-state index is -0.208. The molecule has 0 aliphatic rings. The first kappa shape index (κ1) is 12.9. The van der Waals surface area contributed by atoms with Gasteiger partial charge in [-0.15, -0.1) is 11.8 Å². The zero-order valence-electron chi connectivity index (χ0n) is 9.64. The first-order valence-electron chi connectivity index (χ1n) is 5.08. The Morgan fingerprint density at radius 2 is 2.12 bits per heavy atom. The van der Waals surface area contributed by atoms with Gasteiger partial charge in [-0.25, -0.2) is 0 Å². The quantitative estimate of drug-likeness (QED) is 0.649.